The average Bonchev–Trinajstić information content (AvgIpc) is 2.65. The Balaban J connectivity index is 2.50. The molecule has 2 aromatic heterocycles. The quantitative estimate of drug-likeness (QED) is 0.877. The van der Waals surface area contributed by atoms with Gasteiger partial charge in [0.05, 0.1) is 7.11 Å². The van der Waals surface area contributed by atoms with Crippen molar-refractivity contribution in [1.29, 1.82) is 0 Å². The first kappa shape index (κ1) is 14.0. The van der Waals surface area contributed by atoms with Crippen LogP contribution in [0.1, 0.15) is 27.7 Å². The Morgan fingerprint density at radius 2 is 2.11 bits per heavy atom. The van der Waals surface area contributed by atoms with Gasteiger partial charge in [-0.1, -0.05) is 27.7 Å². The van der Waals surface area contributed by atoms with E-state index < -0.39 is 0 Å². The van der Waals surface area contributed by atoms with Gasteiger partial charge < -0.3 is 14.3 Å². The van der Waals surface area contributed by atoms with E-state index >= 15 is 0 Å². The van der Waals surface area contributed by atoms with Crippen molar-refractivity contribution >= 4 is 23.4 Å². The molecule has 0 aliphatic rings. The zero-order valence-corrected chi connectivity index (χ0v) is 12.8. The highest BCUT2D eigenvalue weighted by Crippen LogP contribution is 2.28. The fraction of sp³-hybridized carbons (Fsp3) is 0.615. The summed E-state index contributed by atoms with van der Waals surface area (Å²) in [7, 11) is 1.59. The summed E-state index contributed by atoms with van der Waals surface area (Å²) < 4.78 is 7.90. The van der Waals surface area contributed by atoms with E-state index in [1.165, 1.54) is 6.33 Å². The van der Waals surface area contributed by atoms with Crippen LogP contribution < -0.4 is 4.74 Å². The monoisotopic (exact) mass is 280 g/mol. The van der Waals surface area contributed by atoms with Gasteiger partial charge in [-0.25, -0.2) is 4.98 Å². The number of hydrogen-bond acceptors (Lipinski definition) is 4. The van der Waals surface area contributed by atoms with Gasteiger partial charge in [0, 0.05) is 6.54 Å². The third kappa shape index (κ3) is 2.63. The summed E-state index contributed by atoms with van der Waals surface area (Å²) in [6.45, 7) is 9.73. The molecule has 1 unspecified atom stereocenters. The van der Waals surface area contributed by atoms with E-state index in [2.05, 4.69) is 42.6 Å². The SMILES string of the molecule is COc1ncnc2c1[nH]c(=S)n2CC(C)C(C)(C)C. The lowest BCUT2D eigenvalue weighted by Crippen LogP contribution is -2.22. The molecule has 1 N–H and O–H groups in total. The van der Waals surface area contributed by atoms with Crippen molar-refractivity contribution < 1.29 is 4.74 Å². The third-order valence-corrected chi connectivity index (χ3v) is 3.98. The number of H-pyrrole nitrogens is 1. The molecular formula is C13H20N4OS. The van der Waals surface area contributed by atoms with Gasteiger partial charge >= 0.3 is 0 Å². The van der Waals surface area contributed by atoms with Crippen molar-refractivity contribution in [1.82, 2.24) is 19.5 Å². The van der Waals surface area contributed by atoms with Crippen molar-refractivity contribution in [3.8, 4) is 5.88 Å². The molecule has 0 spiro atoms. The predicted molar refractivity (Wildman–Crippen MR) is 77.9 cm³/mol. The number of rotatable bonds is 3. The smallest absolute Gasteiger partial charge is 0.242 e. The van der Waals surface area contributed by atoms with Crippen LogP contribution in [0.15, 0.2) is 6.33 Å². The number of hydrogen-bond donors (Lipinski definition) is 1. The van der Waals surface area contributed by atoms with Gasteiger partial charge in [0.1, 0.15) is 11.8 Å². The van der Waals surface area contributed by atoms with Crippen LogP contribution in [0.2, 0.25) is 0 Å². The maximum atomic E-state index is 5.39. The fourth-order valence-corrected chi connectivity index (χ4v) is 2.08. The normalized spacial score (nSPS) is 13.7. The predicted octanol–water partition coefficient (Wildman–Crippen LogP) is 3.18. The lowest BCUT2D eigenvalue weighted by molar-refractivity contribution is 0.234. The molecule has 0 fully saturated rings. The lowest BCUT2D eigenvalue weighted by Gasteiger charge is -2.27. The first-order valence-corrected chi connectivity index (χ1v) is 6.73. The Labute approximate surface area is 118 Å². The summed E-state index contributed by atoms with van der Waals surface area (Å²) in [6, 6.07) is 0. The number of aromatic amines is 1. The minimum atomic E-state index is 0.218. The van der Waals surface area contributed by atoms with Crippen LogP contribution in [-0.2, 0) is 6.54 Å². The first-order chi connectivity index (χ1) is 8.84. The van der Waals surface area contributed by atoms with Gasteiger partial charge in [0.25, 0.3) is 0 Å². The summed E-state index contributed by atoms with van der Waals surface area (Å²) in [6.07, 6.45) is 1.50. The van der Waals surface area contributed by atoms with Crippen molar-refractivity contribution in [2.24, 2.45) is 11.3 Å². The molecule has 2 heterocycles. The van der Waals surface area contributed by atoms with Crippen LogP contribution in [0.25, 0.3) is 11.2 Å². The molecule has 0 saturated heterocycles. The zero-order valence-electron chi connectivity index (χ0n) is 12.0. The maximum absolute atomic E-state index is 5.39. The molecule has 2 rings (SSSR count). The Morgan fingerprint density at radius 1 is 1.42 bits per heavy atom. The van der Waals surface area contributed by atoms with Crippen LogP contribution in [0.3, 0.4) is 0 Å². The molecule has 0 aliphatic heterocycles. The van der Waals surface area contributed by atoms with Gasteiger partial charge in [-0.3, -0.25) is 0 Å². The molecule has 0 amide bonds. The number of methoxy groups -OCH3 is 1. The number of ether oxygens (including phenoxy) is 1. The largest absolute Gasteiger partial charge is 0.479 e. The summed E-state index contributed by atoms with van der Waals surface area (Å²) in [4.78, 5) is 11.5. The number of aromatic nitrogens is 4. The van der Waals surface area contributed by atoms with Gasteiger partial charge in [-0.2, -0.15) is 4.98 Å². The Bertz CT molecular complexity index is 638. The first-order valence-electron chi connectivity index (χ1n) is 6.32. The molecule has 1 atom stereocenters. The number of fused-ring (bicyclic) bond motifs is 1. The van der Waals surface area contributed by atoms with Crippen LogP contribution >= 0.6 is 12.2 Å². The van der Waals surface area contributed by atoms with Crippen LogP contribution in [0, 0.1) is 16.1 Å². The standard InChI is InChI=1S/C13H20N4OS/c1-8(13(2,3)4)6-17-10-9(16-12(17)19)11(18-5)15-7-14-10/h7-8H,6H2,1-5H3,(H,16,19). The van der Waals surface area contributed by atoms with Gasteiger partial charge in [0.15, 0.2) is 10.4 Å². The van der Waals surface area contributed by atoms with Crippen LogP contribution in [0.4, 0.5) is 0 Å². The molecule has 6 heteroatoms. The minimum absolute atomic E-state index is 0.218. The second-order valence-electron chi connectivity index (χ2n) is 5.89. The number of imidazole rings is 1. The number of nitrogens with one attached hydrogen (secondary N) is 1. The van der Waals surface area contributed by atoms with Crippen LogP contribution in [0.5, 0.6) is 5.88 Å². The molecule has 0 bridgehead atoms. The van der Waals surface area contributed by atoms with E-state index in [1.54, 1.807) is 7.11 Å². The second kappa shape index (κ2) is 4.92. The van der Waals surface area contributed by atoms with E-state index in [0.717, 1.165) is 17.7 Å². The Morgan fingerprint density at radius 3 is 2.68 bits per heavy atom. The number of nitrogens with zero attached hydrogens (tertiary/aromatic N) is 3. The van der Waals surface area contributed by atoms with Gasteiger partial charge in [0.2, 0.25) is 5.88 Å². The zero-order chi connectivity index (χ0) is 14.2. The van der Waals surface area contributed by atoms with E-state index in [-0.39, 0.29) is 5.41 Å². The van der Waals surface area contributed by atoms with Crippen LogP contribution in [-0.4, -0.2) is 26.6 Å². The molecule has 0 aliphatic carbocycles. The summed E-state index contributed by atoms with van der Waals surface area (Å²) >= 11 is 5.39. The molecule has 0 saturated carbocycles. The van der Waals surface area contributed by atoms with Crippen molar-refractivity contribution in [3.63, 3.8) is 0 Å². The fourth-order valence-electron chi connectivity index (χ4n) is 1.82. The molecule has 2 aromatic rings. The highest BCUT2D eigenvalue weighted by atomic mass is 32.1. The summed E-state index contributed by atoms with van der Waals surface area (Å²) in [5, 5.41) is 0. The third-order valence-electron chi connectivity index (χ3n) is 3.65. The van der Waals surface area contributed by atoms with E-state index in [9.17, 15) is 0 Å². The Kier molecular flexibility index (Phi) is 3.62. The second-order valence-corrected chi connectivity index (χ2v) is 6.28. The molecular weight excluding hydrogens is 260 g/mol. The maximum Gasteiger partial charge on any atom is 0.242 e. The summed E-state index contributed by atoms with van der Waals surface area (Å²) in [5.74, 6) is 0.998. The van der Waals surface area contributed by atoms with E-state index in [4.69, 9.17) is 17.0 Å². The molecule has 5 nitrogen and oxygen atoms in total. The highest BCUT2D eigenvalue weighted by molar-refractivity contribution is 7.71. The average molecular weight is 280 g/mol. The lowest BCUT2D eigenvalue weighted by atomic mass is 9.82. The Hall–Kier alpha value is -1.43. The topological polar surface area (TPSA) is 55.7 Å². The highest BCUT2D eigenvalue weighted by Gasteiger charge is 2.22. The summed E-state index contributed by atoms with van der Waals surface area (Å²) in [5.41, 5.74) is 1.78. The molecule has 0 aromatic carbocycles. The van der Waals surface area contributed by atoms with E-state index in [0.29, 0.717) is 16.6 Å². The molecule has 19 heavy (non-hydrogen) atoms. The minimum Gasteiger partial charge on any atom is -0.479 e. The van der Waals surface area contributed by atoms with Crippen molar-refractivity contribution in [2.45, 2.75) is 34.2 Å². The molecule has 0 radical (unpaired) electrons. The molecule has 104 valence electrons. The van der Waals surface area contributed by atoms with Gasteiger partial charge in [-0.15, -0.1) is 0 Å². The van der Waals surface area contributed by atoms with Crippen molar-refractivity contribution in [3.05, 3.63) is 11.1 Å². The van der Waals surface area contributed by atoms with E-state index in [1.807, 2.05) is 4.57 Å². The van der Waals surface area contributed by atoms with Crippen molar-refractivity contribution in [2.75, 3.05) is 7.11 Å². The van der Waals surface area contributed by atoms with Gasteiger partial charge in [-0.05, 0) is 23.6 Å².